The Labute approximate surface area is 319 Å². The van der Waals surface area contributed by atoms with Crippen LogP contribution in [0.2, 0.25) is 0 Å². The van der Waals surface area contributed by atoms with Crippen LogP contribution in [0.1, 0.15) is 89.4 Å². The molecular formula is C40H44F2N6O8. The van der Waals surface area contributed by atoms with E-state index < -0.39 is 34.4 Å². The monoisotopic (exact) mass is 774 g/mol. The lowest BCUT2D eigenvalue weighted by atomic mass is 10.0. The van der Waals surface area contributed by atoms with Crippen molar-refractivity contribution in [3.05, 3.63) is 78.9 Å². The Balaban J connectivity index is 0.000000147. The van der Waals surface area contributed by atoms with Gasteiger partial charge in [0.25, 0.3) is 0 Å². The number of esters is 1. The summed E-state index contributed by atoms with van der Waals surface area (Å²) in [7, 11) is 0. The molecule has 0 spiro atoms. The Morgan fingerprint density at radius 3 is 1.64 bits per heavy atom. The van der Waals surface area contributed by atoms with Crippen LogP contribution in [0.15, 0.2) is 34.1 Å². The summed E-state index contributed by atoms with van der Waals surface area (Å²) >= 11 is 0. The minimum Gasteiger partial charge on any atom is -0.477 e. The van der Waals surface area contributed by atoms with E-state index >= 15 is 8.78 Å². The molecule has 5 N–H and O–H groups in total. The summed E-state index contributed by atoms with van der Waals surface area (Å²) in [6.07, 6.45) is 8.16. The summed E-state index contributed by atoms with van der Waals surface area (Å²) in [5.41, 5.74) is 14.1. The predicted octanol–water partition coefficient (Wildman–Crippen LogP) is 3.70. The van der Waals surface area contributed by atoms with Crippen LogP contribution in [-0.4, -0.2) is 83.3 Å². The molecule has 0 bridgehead atoms. The fraction of sp³-hybridized carbons (Fsp3) is 0.500. The number of anilines is 2. The van der Waals surface area contributed by atoms with Crippen LogP contribution in [0, 0.1) is 11.6 Å². The first kappa shape index (κ1) is 36.7. The Kier molecular flexibility index (Phi) is 9.14. The standard InChI is InChI=1S/C21H24FN3O4.C19H20FN3O4/c1-2-29-21(27)15-8-25(12-3-4-12)18-14(20(15)26)6-17(22)19-16(18)10-28-9-13-5-11(23)7-24(13)19;20-15-4-12-16(23(10-1-2-10)6-13(18(12)24)19(25)26)14-8-27-7-11-3-9(21)5-22(11)17(14)15/h6,8,11-13H,2-5,7,9-10,23H2,1H3;4,6,9-11H,1-3,5,7-8,21H2,(H,25,26)/t11-,13+;9-,11+/m11/s1. The van der Waals surface area contributed by atoms with Gasteiger partial charge in [0.1, 0.15) is 22.8 Å². The largest absolute Gasteiger partial charge is 0.477 e. The molecule has 2 aliphatic carbocycles. The number of halogens is 2. The van der Waals surface area contributed by atoms with Crippen LogP contribution in [0.25, 0.3) is 21.8 Å². The first-order valence-electron chi connectivity index (χ1n) is 19.4. The minimum absolute atomic E-state index is 0.00703. The fourth-order valence-corrected chi connectivity index (χ4v) is 9.16. The number of carbonyl (C=O) groups is 2. The number of aromatic carboxylic acids is 1. The van der Waals surface area contributed by atoms with Crippen molar-refractivity contribution >= 4 is 45.1 Å². The van der Waals surface area contributed by atoms with Gasteiger partial charge < -0.3 is 49.7 Å². The van der Waals surface area contributed by atoms with E-state index in [2.05, 4.69) is 0 Å². The first-order chi connectivity index (χ1) is 26.9. The molecule has 56 heavy (non-hydrogen) atoms. The Morgan fingerprint density at radius 2 is 1.21 bits per heavy atom. The number of carboxylic acid groups (broad SMARTS) is 1. The number of nitrogens with zero attached hydrogens (tertiary/aromatic N) is 4. The van der Waals surface area contributed by atoms with Crippen LogP contribution in [-0.2, 0) is 27.4 Å². The third kappa shape index (κ3) is 6.13. The maximum Gasteiger partial charge on any atom is 0.343 e. The van der Waals surface area contributed by atoms with E-state index in [4.69, 9.17) is 25.7 Å². The average molecular weight is 775 g/mol. The third-order valence-electron chi connectivity index (χ3n) is 11.9. The molecule has 16 heteroatoms. The third-order valence-corrected chi connectivity index (χ3v) is 11.9. The number of benzene rings is 2. The maximum atomic E-state index is 15.4. The topological polar surface area (TPSA) is 185 Å². The summed E-state index contributed by atoms with van der Waals surface area (Å²) in [4.78, 5) is 53.6. The number of pyridine rings is 2. The zero-order valence-corrected chi connectivity index (χ0v) is 31.0. The number of hydrogen-bond acceptors (Lipinski definition) is 11. The minimum atomic E-state index is -1.30. The van der Waals surface area contributed by atoms with E-state index in [1.807, 2.05) is 18.9 Å². The second-order valence-electron chi connectivity index (χ2n) is 15.8. The molecule has 10 rings (SSSR count). The van der Waals surface area contributed by atoms with Crippen molar-refractivity contribution in [2.75, 3.05) is 42.7 Å². The lowest BCUT2D eigenvalue weighted by molar-refractivity contribution is 0.0523. The molecule has 4 atom stereocenters. The molecule has 4 aromatic rings. The molecular weight excluding hydrogens is 730 g/mol. The molecule has 2 aromatic carbocycles. The summed E-state index contributed by atoms with van der Waals surface area (Å²) < 4.78 is 51.1. The van der Waals surface area contributed by atoms with E-state index in [0.29, 0.717) is 59.8 Å². The molecule has 2 saturated carbocycles. The summed E-state index contributed by atoms with van der Waals surface area (Å²) in [5, 5.41) is 9.70. The van der Waals surface area contributed by atoms with E-state index in [1.165, 1.54) is 18.3 Å². The van der Waals surface area contributed by atoms with Crippen molar-refractivity contribution in [3.63, 3.8) is 0 Å². The molecule has 2 saturated heterocycles. The van der Waals surface area contributed by atoms with Gasteiger partial charge in [-0.3, -0.25) is 9.59 Å². The van der Waals surface area contributed by atoms with Crippen LogP contribution in [0.3, 0.4) is 0 Å². The first-order valence-corrected chi connectivity index (χ1v) is 19.4. The van der Waals surface area contributed by atoms with Crippen molar-refractivity contribution < 1.29 is 37.7 Å². The van der Waals surface area contributed by atoms with Crippen LogP contribution >= 0.6 is 0 Å². The number of ether oxygens (including phenoxy) is 3. The van der Waals surface area contributed by atoms with Gasteiger partial charge in [-0.05, 0) is 57.6 Å². The average Bonchev–Trinajstić information content (AvgIpc) is 4.09. The Morgan fingerprint density at radius 1 is 0.768 bits per heavy atom. The SMILES string of the molecule is CCOC(=O)c1cn(C2CC2)c2c3c(c(F)cc2c1=O)N1C[C@H](N)C[C@H]1COC3.N[C@@H]1C[C@H]2COCc3c(c(F)cc4c(=O)c(C(=O)O)cn(C5CC5)c34)N2C1. The molecule has 0 unspecified atom stereocenters. The van der Waals surface area contributed by atoms with Gasteiger partial charge in [0.05, 0.1) is 67.5 Å². The van der Waals surface area contributed by atoms with E-state index in [9.17, 15) is 24.3 Å². The second-order valence-corrected chi connectivity index (χ2v) is 15.8. The van der Waals surface area contributed by atoms with Gasteiger partial charge in [-0.1, -0.05) is 0 Å². The highest BCUT2D eigenvalue weighted by Crippen LogP contribution is 2.44. The van der Waals surface area contributed by atoms with E-state index in [1.54, 1.807) is 13.1 Å². The van der Waals surface area contributed by atoms with Crippen molar-refractivity contribution in [2.45, 2.75) is 94.9 Å². The smallest absolute Gasteiger partial charge is 0.343 e. The fourth-order valence-electron chi connectivity index (χ4n) is 9.16. The molecule has 6 heterocycles. The summed E-state index contributed by atoms with van der Waals surface area (Å²) in [6.45, 7) is 4.26. The van der Waals surface area contributed by atoms with Crippen LogP contribution in [0.4, 0.5) is 20.2 Å². The van der Waals surface area contributed by atoms with Crippen molar-refractivity contribution in [1.29, 1.82) is 0 Å². The van der Waals surface area contributed by atoms with E-state index in [-0.39, 0.29) is 78.0 Å². The van der Waals surface area contributed by atoms with Gasteiger partial charge in [0.15, 0.2) is 0 Å². The number of fused-ring (bicyclic) bond motifs is 10. The predicted molar refractivity (Wildman–Crippen MR) is 203 cm³/mol. The van der Waals surface area contributed by atoms with Gasteiger partial charge in [-0.15, -0.1) is 0 Å². The van der Waals surface area contributed by atoms with Gasteiger partial charge in [-0.2, -0.15) is 0 Å². The Bertz CT molecular complexity index is 2430. The number of carboxylic acids is 1. The molecule has 4 fully saturated rings. The number of carbonyl (C=O) groups excluding carboxylic acids is 1. The zero-order chi connectivity index (χ0) is 39.2. The second kappa shape index (κ2) is 13.9. The molecule has 6 aliphatic rings. The maximum absolute atomic E-state index is 15.4. The number of rotatable bonds is 5. The Hall–Kier alpha value is -4.90. The van der Waals surface area contributed by atoms with Gasteiger partial charge >= 0.3 is 11.9 Å². The molecule has 2 aromatic heterocycles. The summed E-state index contributed by atoms with van der Waals surface area (Å²) in [6, 6.07) is 2.70. The lowest BCUT2D eigenvalue weighted by Gasteiger charge is -2.27. The highest BCUT2D eigenvalue weighted by molar-refractivity contribution is 5.97. The molecule has 4 aliphatic heterocycles. The van der Waals surface area contributed by atoms with Gasteiger partial charge in [-0.25, -0.2) is 18.4 Å². The summed E-state index contributed by atoms with van der Waals surface area (Å²) in [5.74, 6) is -2.97. The highest BCUT2D eigenvalue weighted by atomic mass is 19.1. The lowest BCUT2D eigenvalue weighted by Crippen LogP contribution is -2.33. The number of nitrogens with two attached hydrogens (primary N) is 2. The van der Waals surface area contributed by atoms with Crippen LogP contribution < -0.4 is 32.1 Å². The van der Waals surface area contributed by atoms with E-state index in [0.717, 1.165) is 38.5 Å². The normalized spacial score (nSPS) is 24.1. The number of aromatic nitrogens is 2. The highest BCUT2D eigenvalue weighted by Gasteiger charge is 2.40. The molecule has 0 radical (unpaired) electrons. The van der Waals surface area contributed by atoms with Crippen molar-refractivity contribution in [2.24, 2.45) is 11.5 Å². The zero-order valence-electron chi connectivity index (χ0n) is 31.0. The van der Waals surface area contributed by atoms with Crippen molar-refractivity contribution in [3.8, 4) is 0 Å². The van der Waals surface area contributed by atoms with Gasteiger partial charge in [0.2, 0.25) is 10.9 Å². The molecule has 296 valence electrons. The van der Waals surface area contributed by atoms with Crippen molar-refractivity contribution in [1.82, 2.24) is 9.13 Å². The molecule has 0 amide bonds. The number of hydrogen-bond donors (Lipinski definition) is 3. The van der Waals surface area contributed by atoms with Gasteiger partial charge in [0, 0.05) is 71.5 Å². The quantitative estimate of drug-likeness (QED) is 0.250. The van der Waals surface area contributed by atoms with Crippen LogP contribution in [0.5, 0.6) is 0 Å². The molecule has 14 nitrogen and oxygen atoms in total.